The van der Waals surface area contributed by atoms with Crippen LogP contribution in [0.2, 0.25) is 0 Å². The predicted molar refractivity (Wildman–Crippen MR) is 77.3 cm³/mol. The van der Waals surface area contributed by atoms with Crippen molar-refractivity contribution in [1.29, 1.82) is 0 Å². The van der Waals surface area contributed by atoms with Crippen molar-refractivity contribution < 1.29 is 10.2 Å². The van der Waals surface area contributed by atoms with Gasteiger partial charge in [0.15, 0.2) is 0 Å². The Bertz CT molecular complexity index is 433. The minimum Gasteiger partial charge on any atom is -0.508 e. The summed E-state index contributed by atoms with van der Waals surface area (Å²) in [5.74, 6) is 1.69. The first-order valence-corrected chi connectivity index (χ1v) is 7.27. The van der Waals surface area contributed by atoms with Crippen LogP contribution in [0.25, 0.3) is 0 Å². The van der Waals surface area contributed by atoms with Gasteiger partial charge in [-0.3, -0.25) is 0 Å². The van der Waals surface area contributed by atoms with E-state index in [2.05, 4.69) is 26.1 Å². The molecule has 0 aliphatic heterocycles. The molecule has 4 atom stereocenters. The molecule has 0 saturated heterocycles. The second kappa shape index (κ2) is 5.83. The van der Waals surface area contributed by atoms with Crippen LogP contribution < -0.4 is 5.32 Å². The van der Waals surface area contributed by atoms with E-state index in [1.807, 2.05) is 0 Å². The Balaban J connectivity index is 2.05. The molecule has 3 N–H and O–H groups in total. The topological polar surface area (TPSA) is 52.5 Å². The largest absolute Gasteiger partial charge is 0.508 e. The lowest BCUT2D eigenvalue weighted by Crippen LogP contribution is -2.41. The number of aromatic hydroxyl groups is 2. The van der Waals surface area contributed by atoms with Crippen molar-refractivity contribution in [2.45, 2.75) is 52.1 Å². The summed E-state index contributed by atoms with van der Waals surface area (Å²) in [4.78, 5) is 0. The Labute approximate surface area is 115 Å². The Kier molecular flexibility index (Phi) is 4.35. The molecule has 0 amide bonds. The summed E-state index contributed by atoms with van der Waals surface area (Å²) in [7, 11) is 0. The van der Waals surface area contributed by atoms with Crippen molar-refractivity contribution in [1.82, 2.24) is 5.32 Å². The van der Waals surface area contributed by atoms with Crippen LogP contribution in [-0.2, 0) is 0 Å². The first-order chi connectivity index (χ1) is 8.99. The molecule has 0 bridgehead atoms. The smallest absolute Gasteiger partial charge is 0.124 e. The molecule has 2 rings (SSSR count). The highest BCUT2D eigenvalue weighted by molar-refractivity contribution is 5.40. The maximum atomic E-state index is 9.91. The molecule has 0 heterocycles. The maximum Gasteiger partial charge on any atom is 0.124 e. The van der Waals surface area contributed by atoms with E-state index in [0.717, 1.165) is 11.5 Å². The van der Waals surface area contributed by atoms with Crippen LogP contribution in [-0.4, -0.2) is 16.3 Å². The van der Waals surface area contributed by atoms with Crippen molar-refractivity contribution in [2.24, 2.45) is 11.8 Å². The van der Waals surface area contributed by atoms with Crippen LogP contribution in [0, 0.1) is 11.8 Å². The summed E-state index contributed by atoms with van der Waals surface area (Å²) >= 11 is 0. The molecule has 1 aromatic rings. The van der Waals surface area contributed by atoms with Gasteiger partial charge in [-0.25, -0.2) is 0 Å². The lowest BCUT2D eigenvalue weighted by Gasteiger charge is -2.36. The molecule has 3 nitrogen and oxygen atoms in total. The second-order valence-corrected chi connectivity index (χ2v) is 6.01. The number of phenolic OH excluding ortho intramolecular Hbond substituents is 2. The Morgan fingerprint density at radius 1 is 1.21 bits per heavy atom. The van der Waals surface area contributed by atoms with E-state index in [1.165, 1.54) is 25.3 Å². The van der Waals surface area contributed by atoms with Crippen LogP contribution in [0.15, 0.2) is 18.2 Å². The lowest BCUT2D eigenvalue weighted by molar-refractivity contribution is 0.195. The van der Waals surface area contributed by atoms with E-state index < -0.39 is 0 Å². The van der Waals surface area contributed by atoms with Gasteiger partial charge in [0.1, 0.15) is 11.5 Å². The summed E-state index contributed by atoms with van der Waals surface area (Å²) < 4.78 is 0. The first kappa shape index (κ1) is 14.2. The van der Waals surface area contributed by atoms with Crippen molar-refractivity contribution in [3.8, 4) is 11.5 Å². The Morgan fingerprint density at radius 2 is 1.95 bits per heavy atom. The summed E-state index contributed by atoms with van der Waals surface area (Å²) in [5.41, 5.74) is 0.850. The summed E-state index contributed by atoms with van der Waals surface area (Å²) in [5, 5.41) is 22.9. The van der Waals surface area contributed by atoms with Gasteiger partial charge >= 0.3 is 0 Å². The minimum absolute atomic E-state index is 0.0957. The molecule has 106 valence electrons. The van der Waals surface area contributed by atoms with E-state index in [-0.39, 0.29) is 17.5 Å². The highest BCUT2D eigenvalue weighted by Gasteiger charge is 2.28. The fourth-order valence-electron chi connectivity index (χ4n) is 3.13. The third-order valence-electron chi connectivity index (χ3n) is 4.65. The highest BCUT2D eigenvalue weighted by atomic mass is 16.3. The monoisotopic (exact) mass is 263 g/mol. The average molecular weight is 263 g/mol. The van der Waals surface area contributed by atoms with Gasteiger partial charge in [-0.05, 0) is 31.2 Å². The van der Waals surface area contributed by atoms with Crippen LogP contribution in [0.4, 0.5) is 0 Å². The average Bonchev–Trinajstić information content (AvgIpc) is 2.34. The van der Waals surface area contributed by atoms with E-state index in [0.29, 0.717) is 12.0 Å². The van der Waals surface area contributed by atoms with Crippen LogP contribution >= 0.6 is 0 Å². The van der Waals surface area contributed by atoms with Gasteiger partial charge in [-0.15, -0.1) is 0 Å². The molecule has 1 aliphatic carbocycles. The molecule has 4 unspecified atom stereocenters. The van der Waals surface area contributed by atoms with Crippen molar-refractivity contribution in [2.75, 3.05) is 0 Å². The number of hydrogen-bond acceptors (Lipinski definition) is 3. The first-order valence-electron chi connectivity index (χ1n) is 7.27. The molecule has 1 aromatic carbocycles. The molecular formula is C16H25NO2. The van der Waals surface area contributed by atoms with Crippen molar-refractivity contribution >= 4 is 0 Å². The maximum absolute atomic E-state index is 9.91. The number of rotatable bonds is 3. The van der Waals surface area contributed by atoms with Crippen molar-refractivity contribution in [3.63, 3.8) is 0 Å². The fourth-order valence-corrected chi connectivity index (χ4v) is 3.13. The predicted octanol–water partition coefficient (Wildman–Crippen LogP) is 3.57. The molecule has 1 aliphatic rings. The Hall–Kier alpha value is -1.22. The van der Waals surface area contributed by atoms with Crippen LogP contribution in [0.1, 0.15) is 51.6 Å². The number of hydrogen-bond donors (Lipinski definition) is 3. The molecule has 1 saturated carbocycles. The van der Waals surface area contributed by atoms with Crippen LogP contribution in [0.3, 0.4) is 0 Å². The zero-order valence-corrected chi connectivity index (χ0v) is 12.1. The zero-order chi connectivity index (χ0) is 14.0. The van der Waals surface area contributed by atoms with E-state index in [1.54, 1.807) is 12.1 Å². The zero-order valence-electron chi connectivity index (χ0n) is 12.1. The van der Waals surface area contributed by atoms with Gasteiger partial charge in [-0.2, -0.15) is 0 Å². The van der Waals surface area contributed by atoms with Crippen LogP contribution in [0.5, 0.6) is 11.5 Å². The van der Waals surface area contributed by atoms with Gasteiger partial charge < -0.3 is 15.5 Å². The van der Waals surface area contributed by atoms with Gasteiger partial charge in [-0.1, -0.05) is 32.8 Å². The van der Waals surface area contributed by atoms with E-state index in [4.69, 9.17) is 0 Å². The van der Waals surface area contributed by atoms with Gasteiger partial charge in [0.05, 0.1) is 0 Å². The molecule has 0 aromatic heterocycles. The molecule has 19 heavy (non-hydrogen) atoms. The highest BCUT2D eigenvalue weighted by Crippen LogP contribution is 2.33. The molecule has 1 fully saturated rings. The van der Waals surface area contributed by atoms with Crippen molar-refractivity contribution in [3.05, 3.63) is 23.8 Å². The van der Waals surface area contributed by atoms with Gasteiger partial charge in [0, 0.05) is 23.7 Å². The quantitative estimate of drug-likeness (QED) is 0.781. The van der Waals surface area contributed by atoms with Gasteiger partial charge in [0.2, 0.25) is 0 Å². The Morgan fingerprint density at radius 3 is 2.63 bits per heavy atom. The van der Waals surface area contributed by atoms with E-state index in [9.17, 15) is 10.2 Å². The third-order valence-corrected chi connectivity index (χ3v) is 4.65. The summed E-state index contributed by atoms with van der Waals surface area (Å²) in [6.07, 6.45) is 3.80. The second-order valence-electron chi connectivity index (χ2n) is 6.01. The molecule has 0 radical (unpaired) electrons. The van der Waals surface area contributed by atoms with Gasteiger partial charge in [0.25, 0.3) is 0 Å². The van der Waals surface area contributed by atoms with E-state index >= 15 is 0 Å². The number of benzene rings is 1. The summed E-state index contributed by atoms with van der Waals surface area (Å²) in [6.45, 7) is 6.70. The summed E-state index contributed by atoms with van der Waals surface area (Å²) in [6, 6.07) is 5.42. The lowest BCUT2D eigenvalue weighted by atomic mass is 9.77. The molecular weight excluding hydrogens is 238 g/mol. The SMILES string of the molecule is CC(NC1CCCC(C)C1C)c1ccc(O)cc1O. The normalized spacial score (nSPS) is 29.1. The molecule has 0 spiro atoms. The number of nitrogens with one attached hydrogen (secondary N) is 1. The third kappa shape index (κ3) is 3.21. The fraction of sp³-hybridized carbons (Fsp3) is 0.625. The standard InChI is InChI=1S/C16H25NO2/c1-10-5-4-6-15(11(10)2)17-12(3)14-8-7-13(18)9-16(14)19/h7-12,15,17-19H,4-6H2,1-3H3. The number of phenols is 2. The minimum atomic E-state index is 0.0957. The molecule has 3 heteroatoms.